The lowest BCUT2D eigenvalue weighted by atomic mass is 9.96. The Balaban J connectivity index is 1.88. The average Bonchev–Trinajstić information content (AvgIpc) is 3.15. The molecule has 0 radical (unpaired) electrons. The van der Waals surface area contributed by atoms with Crippen LogP contribution in [0.3, 0.4) is 0 Å². The molecule has 1 aliphatic heterocycles. The van der Waals surface area contributed by atoms with Gasteiger partial charge in [-0.25, -0.2) is 8.42 Å². The van der Waals surface area contributed by atoms with Gasteiger partial charge in [-0.3, -0.25) is 0 Å². The van der Waals surface area contributed by atoms with Crippen molar-refractivity contribution in [3.8, 4) is 0 Å². The van der Waals surface area contributed by atoms with Crippen LogP contribution in [0.25, 0.3) is 0 Å². The van der Waals surface area contributed by atoms with Crippen LogP contribution in [0.1, 0.15) is 18.4 Å². The molecule has 21 heavy (non-hydrogen) atoms. The number of fused-ring (bicyclic) bond motifs is 1. The SMILES string of the molecule is O=S(=O)(c1ccccc1)C1(c2ccccc2)C[C@@H]2O[C@@H]2C1. The summed E-state index contributed by atoms with van der Waals surface area (Å²) in [5, 5.41) is 0. The van der Waals surface area contributed by atoms with E-state index in [9.17, 15) is 8.42 Å². The minimum atomic E-state index is -3.44. The maximum atomic E-state index is 13.3. The van der Waals surface area contributed by atoms with Gasteiger partial charge in [-0.1, -0.05) is 48.5 Å². The molecule has 1 unspecified atom stereocenters. The van der Waals surface area contributed by atoms with E-state index in [-0.39, 0.29) is 12.2 Å². The Bertz CT molecular complexity index is 743. The summed E-state index contributed by atoms with van der Waals surface area (Å²) in [5.74, 6) is 0. The molecule has 2 aromatic rings. The van der Waals surface area contributed by atoms with Crippen LogP contribution in [0.2, 0.25) is 0 Å². The molecule has 3 nitrogen and oxygen atoms in total. The standard InChI is InChI=1S/C17H16O3S/c18-21(19,14-9-5-2-6-10-14)17(11-15-16(12-17)20-15)13-7-3-1-4-8-13/h1-10,15-16H,11-12H2/t15-,16+,17?. The quantitative estimate of drug-likeness (QED) is 0.819. The van der Waals surface area contributed by atoms with Gasteiger partial charge in [0.2, 0.25) is 0 Å². The van der Waals surface area contributed by atoms with Gasteiger partial charge in [0.15, 0.2) is 9.84 Å². The van der Waals surface area contributed by atoms with E-state index in [1.807, 2.05) is 36.4 Å². The first-order valence-electron chi connectivity index (χ1n) is 7.14. The van der Waals surface area contributed by atoms with Gasteiger partial charge in [0.25, 0.3) is 0 Å². The lowest BCUT2D eigenvalue weighted by molar-refractivity contribution is 0.284. The Kier molecular flexibility index (Phi) is 2.75. The largest absolute Gasteiger partial charge is 0.369 e. The lowest BCUT2D eigenvalue weighted by Crippen LogP contribution is -2.35. The summed E-state index contributed by atoms with van der Waals surface area (Å²) < 4.78 is 31.2. The van der Waals surface area contributed by atoms with Gasteiger partial charge < -0.3 is 4.74 Å². The van der Waals surface area contributed by atoms with E-state index in [1.54, 1.807) is 24.3 Å². The van der Waals surface area contributed by atoms with Crippen molar-refractivity contribution in [2.24, 2.45) is 0 Å². The summed E-state index contributed by atoms with van der Waals surface area (Å²) in [6.45, 7) is 0. The summed E-state index contributed by atoms with van der Waals surface area (Å²) >= 11 is 0. The number of hydrogen-bond donors (Lipinski definition) is 0. The first kappa shape index (κ1) is 13.0. The molecule has 4 rings (SSSR count). The van der Waals surface area contributed by atoms with Crippen molar-refractivity contribution in [3.05, 3.63) is 66.2 Å². The fourth-order valence-corrected chi connectivity index (χ4v) is 5.63. The molecular weight excluding hydrogens is 284 g/mol. The van der Waals surface area contributed by atoms with Crippen LogP contribution in [0, 0.1) is 0 Å². The second-order valence-corrected chi connectivity index (χ2v) is 8.06. The van der Waals surface area contributed by atoms with Gasteiger partial charge in [0.05, 0.1) is 17.1 Å². The molecule has 4 heteroatoms. The molecule has 0 spiro atoms. The number of sulfone groups is 1. The third-order valence-electron chi connectivity index (χ3n) is 4.62. The summed E-state index contributed by atoms with van der Waals surface area (Å²) in [6.07, 6.45) is 1.31. The number of hydrogen-bond acceptors (Lipinski definition) is 3. The summed E-state index contributed by atoms with van der Waals surface area (Å²) in [5.41, 5.74) is 0.879. The first-order chi connectivity index (χ1) is 10.1. The highest BCUT2D eigenvalue weighted by Gasteiger charge is 2.62. The Morgan fingerprint density at radius 1 is 0.857 bits per heavy atom. The van der Waals surface area contributed by atoms with E-state index >= 15 is 0 Å². The molecule has 0 amide bonds. The Hall–Kier alpha value is -1.65. The van der Waals surface area contributed by atoms with Gasteiger partial charge >= 0.3 is 0 Å². The molecule has 0 N–H and O–H groups in total. The number of epoxide rings is 1. The van der Waals surface area contributed by atoms with Crippen molar-refractivity contribution in [2.45, 2.75) is 34.7 Å². The molecular formula is C17H16O3S. The third-order valence-corrected chi connectivity index (χ3v) is 7.11. The summed E-state index contributed by atoms with van der Waals surface area (Å²) in [4.78, 5) is 0.398. The zero-order valence-electron chi connectivity index (χ0n) is 11.5. The smallest absolute Gasteiger partial charge is 0.188 e. The molecule has 0 bridgehead atoms. The van der Waals surface area contributed by atoms with Gasteiger partial charge in [-0.15, -0.1) is 0 Å². The van der Waals surface area contributed by atoms with Crippen molar-refractivity contribution >= 4 is 9.84 Å². The van der Waals surface area contributed by atoms with Gasteiger partial charge in [0, 0.05) is 12.8 Å². The highest BCUT2D eigenvalue weighted by Crippen LogP contribution is 2.55. The van der Waals surface area contributed by atoms with Crippen LogP contribution < -0.4 is 0 Å². The van der Waals surface area contributed by atoms with Crippen LogP contribution in [0.4, 0.5) is 0 Å². The minimum absolute atomic E-state index is 0.101. The number of ether oxygens (including phenoxy) is 1. The summed E-state index contributed by atoms with van der Waals surface area (Å²) in [6, 6.07) is 18.3. The number of rotatable bonds is 3. The normalized spacial score (nSPS) is 30.9. The molecule has 2 fully saturated rings. The van der Waals surface area contributed by atoms with Gasteiger partial charge in [-0.05, 0) is 17.7 Å². The Labute approximate surface area is 124 Å². The molecule has 0 aromatic heterocycles. The van der Waals surface area contributed by atoms with Gasteiger partial charge in [-0.2, -0.15) is 0 Å². The van der Waals surface area contributed by atoms with Crippen LogP contribution in [0.15, 0.2) is 65.6 Å². The highest BCUT2D eigenvalue weighted by atomic mass is 32.2. The third kappa shape index (κ3) is 1.86. The molecule has 1 saturated carbocycles. The van der Waals surface area contributed by atoms with Crippen LogP contribution >= 0.6 is 0 Å². The van der Waals surface area contributed by atoms with Crippen molar-refractivity contribution in [2.75, 3.05) is 0 Å². The second-order valence-electron chi connectivity index (χ2n) is 5.80. The van der Waals surface area contributed by atoms with Crippen molar-refractivity contribution < 1.29 is 13.2 Å². The fraction of sp³-hybridized carbons (Fsp3) is 0.294. The second kappa shape index (κ2) is 4.42. The van der Waals surface area contributed by atoms with E-state index in [1.165, 1.54) is 0 Å². The predicted octanol–water partition coefficient (Wildman–Crippen LogP) is 2.92. The first-order valence-corrected chi connectivity index (χ1v) is 8.62. The molecule has 2 aliphatic rings. The monoisotopic (exact) mass is 300 g/mol. The van der Waals surface area contributed by atoms with Crippen LogP contribution in [-0.4, -0.2) is 20.6 Å². The van der Waals surface area contributed by atoms with E-state index in [0.717, 1.165) is 5.56 Å². The molecule has 108 valence electrons. The Morgan fingerprint density at radius 2 is 1.38 bits per heavy atom. The molecule has 1 saturated heterocycles. The lowest BCUT2D eigenvalue weighted by Gasteiger charge is -2.30. The van der Waals surface area contributed by atoms with Crippen molar-refractivity contribution in [1.82, 2.24) is 0 Å². The molecule has 3 atom stereocenters. The summed E-state index contributed by atoms with van der Waals surface area (Å²) in [7, 11) is -3.44. The van der Waals surface area contributed by atoms with Crippen molar-refractivity contribution in [3.63, 3.8) is 0 Å². The van der Waals surface area contributed by atoms with Crippen LogP contribution in [0.5, 0.6) is 0 Å². The fourth-order valence-electron chi connectivity index (χ4n) is 3.45. The highest BCUT2D eigenvalue weighted by molar-refractivity contribution is 7.92. The maximum absolute atomic E-state index is 13.3. The predicted molar refractivity (Wildman–Crippen MR) is 79.6 cm³/mol. The zero-order chi connectivity index (χ0) is 14.5. The molecule has 2 aromatic carbocycles. The van der Waals surface area contributed by atoms with E-state index in [2.05, 4.69) is 0 Å². The van der Waals surface area contributed by atoms with Crippen molar-refractivity contribution in [1.29, 1.82) is 0 Å². The Morgan fingerprint density at radius 3 is 1.95 bits per heavy atom. The van der Waals surface area contributed by atoms with E-state index in [0.29, 0.717) is 17.7 Å². The number of benzene rings is 2. The van der Waals surface area contributed by atoms with Gasteiger partial charge in [0.1, 0.15) is 4.75 Å². The average molecular weight is 300 g/mol. The minimum Gasteiger partial charge on any atom is -0.369 e. The van der Waals surface area contributed by atoms with Crippen LogP contribution in [-0.2, 0) is 19.3 Å². The maximum Gasteiger partial charge on any atom is 0.188 e. The molecule has 1 aliphatic carbocycles. The van der Waals surface area contributed by atoms with E-state index < -0.39 is 14.6 Å². The molecule has 1 heterocycles. The van der Waals surface area contributed by atoms with E-state index in [4.69, 9.17) is 4.74 Å². The topological polar surface area (TPSA) is 46.7 Å². The zero-order valence-corrected chi connectivity index (χ0v) is 12.3.